The number of amides is 1. The number of sulfonamides is 1. The number of likely N-dealkylation sites (N-methyl/N-ethyl adjacent to an activating group) is 1. The minimum absolute atomic E-state index is 0.141. The highest BCUT2D eigenvalue weighted by molar-refractivity contribution is 7.92. The lowest BCUT2D eigenvalue weighted by molar-refractivity contribution is 0.0662. The van der Waals surface area contributed by atoms with Crippen molar-refractivity contribution in [3.8, 4) is 22.3 Å². The van der Waals surface area contributed by atoms with Crippen LogP contribution in [0.1, 0.15) is 10.4 Å². The molecule has 0 atom stereocenters. The van der Waals surface area contributed by atoms with Gasteiger partial charge in [0.05, 0.1) is 10.6 Å². The quantitative estimate of drug-likeness (QED) is 0.250. The molecule has 7 rings (SSSR count). The molecule has 1 aliphatic rings. The van der Waals surface area contributed by atoms with Crippen LogP contribution in [0.3, 0.4) is 0 Å². The van der Waals surface area contributed by atoms with Crippen LogP contribution in [0.4, 0.5) is 5.69 Å². The molecule has 0 bridgehead atoms. The number of carbonyl (C=O) groups excluding carboxylic acids is 1. The number of fused-ring (bicyclic) bond motifs is 3. The number of hydrogen-bond acceptors (Lipinski definition) is 7. The van der Waals surface area contributed by atoms with E-state index in [1.165, 1.54) is 4.31 Å². The number of nitrogens with zero attached hydrogens (tertiary/aromatic N) is 5. The summed E-state index contributed by atoms with van der Waals surface area (Å²) in [5, 5.41) is 3.67. The number of hydrazine groups is 1. The van der Waals surface area contributed by atoms with E-state index in [4.69, 9.17) is 4.98 Å². The van der Waals surface area contributed by atoms with Gasteiger partial charge in [0.2, 0.25) is 0 Å². The minimum Gasteiger partial charge on any atom is -0.339 e. The van der Waals surface area contributed by atoms with Gasteiger partial charge in [-0.25, -0.2) is 18.4 Å². The van der Waals surface area contributed by atoms with E-state index in [1.807, 2.05) is 59.7 Å². The topological polar surface area (TPSA) is 115 Å². The number of piperazine rings is 1. The van der Waals surface area contributed by atoms with Crippen molar-refractivity contribution >= 4 is 43.6 Å². The molecule has 0 unspecified atom stereocenters. The zero-order valence-electron chi connectivity index (χ0n) is 25.5. The SMILES string of the molecule is CN1CCN(NC(=O)c2ccc(-c3cnc4[nH]c5ccc(N(C)S(=O)(=O)c6ccccc6)cc5c4c3-c3ccncc3)cc2)CC1. The predicted molar refractivity (Wildman–Crippen MR) is 181 cm³/mol. The number of rotatable bonds is 7. The van der Waals surface area contributed by atoms with Gasteiger partial charge in [0, 0.05) is 84.8 Å². The lowest BCUT2D eigenvalue weighted by atomic mass is 9.93. The van der Waals surface area contributed by atoms with Crippen LogP contribution in [-0.2, 0) is 10.0 Å². The number of hydrogen-bond donors (Lipinski definition) is 2. The number of aromatic nitrogens is 3. The van der Waals surface area contributed by atoms with E-state index in [-0.39, 0.29) is 10.8 Å². The zero-order chi connectivity index (χ0) is 31.8. The molecule has 1 aliphatic heterocycles. The number of carbonyl (C=O) groups is 1. The average Bonchev–Trinajstić information content (AvgIpc) is 3.47. The molecule has 1 fully saturated rings. The predicted octanol–water partition coefficient (Wildman–Crippen LogP) is 5.16. The molecule has 4 heterocycles. The maximum Gasteiger partial charge on any atom is 0.265 e. The number of benzene rings is 3. The summed E-state index contributed by atoms with van der Waals surface area (Å²) < 4.78 is 28.2. The van der Waals surface area contributed by atoms with Gasteiger partial charge >= 0.3 is 0 Å². The molecule has 0 radical (unpaired) electrons. The molecule has 2 N–H and O–H groups in total. The van der Waals surface area contributed by atoms with E-state index in [1.54, 1.807) is 55.8 Å². The summed E-state index contributed by atoms with van der Waals surface area (Å²) >= 11 is 0. The fraction of sp³-hybridized carbons (Fsp3) is 0.171. The standard InChI is InChI=1S/C35H33N7O3S/c1-40-18-20-42(21-19-40)39-35(43)26-10-8-24(9-11-26)30-23-37-34-33(32(30)25-14-16-36-17-15-25)29-22-27(12-13-31(29)38-34)41(2)46(44,45)28-6-4-3-5-7-28/h3-17,22-23H,18-21H2,1-2H3,(H,37,38)(H,39,43). The lowest BCUT2D eigenvalue weighted by Gasteiger charge is -2.32. The van der Waals surface area contributed by atoms with Gasteiger partial charge in [-0.2, -0.15) is 0 Å². The first-order valence-corrected chi connectivity index (χ1v) is 16.5. The number of nitrogens with one attached hydrogen (secondary N) is 2. The third kappa shape index (κ3) is 5.49. The molecule has 46 heavy (non-hydrogen) atoms. The van der Waals surface area contributed by atoms with Gasteiger partial charge in [-0.15, -0.1) is 0 Å². The molecule has 232 valence electrons. The second-order valence-corrected chi connectivity index (χ2v) is 13.4. The maximum absolute atomic E-state index is 13.5. The van der Waals surface area contributed by atoms with Crippen LogP contribution in [0.25, 0.3) is 44.2 Å². The monoisotopic (exact) mass is 631 g/mol. The van der Waals surface area contributed by atoms with Gasteiger partial charge in [0.25, 0.3) is 15.9 Å². The Labute approximate surface area is 267 Å². The second-order valence-electron chi connectivity index (χ2n) is 11.5. The molecule has 1 amide bonds. The zero-order valence-corrected chi connectivity index (χ0v) is 26.3. The lowest BCUT2D eigenvalue weighted by Crippen LogP contribution is -2.52. The number of pyridine rings is 2. The summed E-state index contributed by atoms with van der Waals surface area (Å²) in [5.41, 5.74) is 9.27. The van der Waals surface area contributed by atoms with Gasteiger partial charge in [0.1, 0.15) is 5.65 Å². The smallest absolute Gasteiger partial charge is 0.265 e. The van der Waals surface area contributed by atoms with Crippen molar-refractivity contribution in [1.82, 2.24) is 30.3 Å². The van der Waals surface area contributed by atoms with Crippen LogP contribution in [0, 0.1) is 0 Å². The Bertz CT molecular complexity index is 2140. The minimum atomic E-state index is -3.77. The van der Waals surface area contributed by atoms with Crippen molar-refractivity contribution in [3.63, 3.8) is 0 Å². The van der Waals surface area contributed by atoms with E-state index < -0.39 is 10.0 Å². The van der Waals surface area contributed by atoms with Crippen molar-refractivity contribution in [3.05, 3.63) is 109 Å². The first-order valence-electron chi connectivity index (χ1n) is 15.0. The molecule has 0 aliphatic carbocycles. The summed E-state index contributed by atoms with van der Waals surface area (Å²) in [6.07, 6.45) is 5.33. The molecular formula is C35H33N7O3S. The van der Waals surface area contributed by atoms with Gasteiger partial charge in [-0.1, -0.05) is 30.3 Å². The van der Waals surface area contributed by atoms with Crippen molar-refractivity contribution < 1.29 is 13.2 Å². The summed E-state index contributed by atoms with van der Waals surface area (Å²) in [4.78, 5) is 27.9. The average molecular weight is 632 g/mol. The molecule has 3 aromatic carbocycles. The van der Waals surface area contributed by atoms with E-state index >= 15 is 0 Å². The van der Waals surface area contributed by atoms with Gasteiger partial charge in [0.15, 0.2) is 0 Å². The summed E-state index contributed by atoms with van der Waals surface area (Å²) in [6, 6.07) is 25.4. The van der Waals surface area contributed by atoms with Crippen LogP contribution < -0.4 is 9.73 Å². The molecule has 10 nitrogen and oxygen atoms in total. The van der Waals surface area contributed by atoms with Gasteiger partial charge < -0.3 is 9.88 Å². The van der Waals surface area contributed by atoms with E-state index in [0.29, 0.717) is 16.9 Å². The van der Waals surface area contributed by atoms with Crippen LogP contribution in [0.5, 0.6) is 0 Å². The highest BCUT2D eigenvalue weighted by atomic mass is 32.2. The Kier molecular flexibility index (Phi) is 7.73. The number of anilines is 1. The Hall–Kier alpha value is -5.10. The van der Waals surface area contributed by atoms with Crippen LogP contribution in [-0.4, -0.2) is 79.5 Å². The Balaban J connectivity index is 1.31. The van der Waals surface area contributed by atoms with Crippen molar-refractivity contribution in [2.75, 3.05) is 44.6 Å². The Morgan fingerprint density at radius 2 is 1.61 bits per heavy atom. The molecule has 1 saturated heterocycles. The molecule has 0 saturated carbocycles. The Morgan fingerprint density at radius 3 is 2.33 bits per heavy atom. The fourth-order valence-corrected chi connectivity index (χ4v) is 7.10. The number of H-pyrrole nitrogens is 1. The van der Waals surface area contributed by atoms with Gasteiger partial charge in [-0.05, 0) is 72.8 Å². The first-order chi connectivity index (χ1) is 22.3. The van der Waals surface area contributed by atoms with Crippen LogP contribution in [0.2, 0.25) is 0 Å². The molecule has 11 heteroatoms. The van der Waals surface area contributed by atoms with Gasteiger partial charge in [-0.3, -0.25) is 19.5 Å². The summed E-state index contributed by atoms with van der Waals surface area (Å²) in [6.45, 7) is 3.37. The third-order valence-corrected chi connectivity index (χ3v) is 10.4. The first kappa shape index (κ1) is 29.6. The summed E-state index contributed by atoms with van der Waals surface area (Å²) in [7, 11) is -0.132. The van der Waals surface area contributed by atoms with Crippen molar-refractivity contribution in [2.45, 2.75) is 4.90 Å². The summed E-state index contributed by atoms with van der Waals surface area (Å²) in [5.74, 6) is -0.141. The molecule has 6 aromatic rings. The van der Waals surface area contributed by atoms with E-state index in [9.17, 15) is 13.2 Å². The highest BCUT2D eigenvalue weighted by Crippen LogP contribution is 2.41. The van der Waals surface area contributed by atoms with Crippen molar-refractivity contribution in [1.29, 1.82) is 0 Å². The fourth-order valence-electron chi connectivity index (χ4n) is 5.89. The molecular weight excluding hydrogens is 598 g/mol. The second kappa shape index (κ2) is 12.0. The van der Waals surface area contributed by atoms with Crippen LogP contribution in [0.15, 0.2) is 108 Å². The van der Waals surface area contributed by atoms with Crippen molar-refractivity contribution in [2.24, 2.45) is 0 Å². The van der Waals surface area contributed by atoms with E-state index in [2.05, 4.69) is 27.3 Å². The largest absolute Gasteiger partial charge is 0.339 e. The number of aromatic amines is 1. The third-order valence-electron chi connectivity index (χ3n) is 8.56. The van der Waals surface area contributed by atoms with E-state index in [0.717, 1.165) is 64.7 Å². The molecule has 3 aromatic heterocycles. The van der Waals surface area contributed by atoms with Crippen LogP contribution >= 0.6 is 0 Å². The Morgan fingerprint density at radius 1 is 0.891 bits per heavy atom. The maximum atomic E-state index is 13.5. The molecule has 0 spiro atoms. The highest BCUT2D eigenvalue weighted by Gasteiger charge is 2.23. The normalized spacial score (nSPS) is 14.5.